The van der Waals surface area contributed by atoms with Gasteiger partial charge in [-0.3, -0.25) is 0 Å². The number of rotatable bonds is 7. The van der Waals surface area contributed by atoms with Crippen LogP contribution in [0.1, 0.15) is 41.3 Å². The van der Waals surface area contributed by atoms with Gasteiger partial charge in [-0.1, -0.05) is 24.3 Å². The van der Waals surface area contributed by atoms with E-state index in [0.29, 0.717) is 5.82 Å². The molecule has 180 valence electrons. The molecule has 0 fully saturated rings. The van der Waals surface area contributed by atoms with Crippen LogP contribution < -0.4 is 9.47 Å². The van der Waals surface area contributed by atoms with E-state index in [1.54, 1.807) is 27.7 Å². The minimum Gasteiger partial charge on any atom is -0.497 e. The lowest BCUT2D eigenvalue weighted by molar-refractivity contribution is -0.00953. The number of ether oxygens (including phenoxy) is 3. The van der Waals surface area contributed by atoms with Gasteiger partial charge in [-0.25, -0.2) is 14.6 Å². The van der Waals surface area contributed by atoms with Crippen molar-refractivity contribution in [1.29, 1.82) is 0 Å². The number of aryl methyl sites for hydroxylation is 2. The first-order chi connectivity index (χ1) is 17.1. The fourth-order valence-corrected chi connectivity index (χ4v) is 4.65. The monoisotopic (exact) mass is 471 g/mol. The Hall–Kier alpha value is -3.91. The average Bonchev–Trinajstić information content (AvgIpc) is 3.53. The van der Waals surface area contributed by atoms with Crippen molar-refractivity contribution in [1.82, 2.24) is 24.3 Å². The molecule has 0 amide bonds. The number of hydrogen-bond donors (Lipinski definition) is 0. The number of benzene rings is 2. The van der Waals surface area contributed by atoms with Crippen LogP contribution in [-0.4, -0.2) is 45.6 Å². The van der Waals surface area contributed by atoms with Gasteiger partial charge in [0, 0.05) is 19.9 Å². The molecular formula is C27H29N5O3. The Kier molecular flexibility index (Phi) is 6.13. The van der Waals surface area contributed by atoms with Gasteiger partial charge in [-0.15, -0.1) is 0 Å². The Labute approximate surface area is 204 Å². The van der Waals surface area contributed by atoms with E-state index in [9.17, 15) is 0 Å². The highest BCUT2D eigenvalue weighted by atomic mass is 16.5. The molecule has 0 spiro atoms. The smallest absolute Gasteiger partial charge is 0.174 e. The third kappa shape index (κ3) is 4.21. The molecule has 35 heavy (non-hydrogen) atoms. The summed E-state index contributed by atoms with van der Waals surface area (Å²) in [6, 6.07) is 14.0. The predicted octanol–water partition coefficient (Wildman–Crippen LogP) is 4.64. The van der Waals surface area contributed by atoms with Gasteiger partial charge in [0.1, 0.15) is 11.5 Å². The van der Waals surface area contributed by atoms with E-state index < -0.39 is 5.60 Å². The molecule has 0 aliphatic carbocycles. The Morgan fingerprint density at radius 1 is 1.00 bits per heavy atom. The maximum atomic E-state index is 6.12. The first-order valence-corrected chi connectivity index (χ1v) is 11.6. The van der Waals surface area contributed by atoms with Crippen molar-refractivity contribution in [2.24, 2.45) is 0 Å². The van der Waals surface area contributed by atoms with E-state index in [2.05, 4.69) is 4.98 Å². The molecule has 2 aromatic heterocycles. The third-order valence-electron chi connectivity index (χ3n) is 6.47. The van der Waals surface area contributed by atoms with Gasteiger partial charge < -0.3 is 18.8 Å². The summed E-state index contributed by atoms with van der Waals surface area (Å²) in [6.45, 7) is 2.77. The lowest BCUT2D eigenvalue weighted by Gasteiger charge is -2.35. The van der Waals surface area contributed by atoms with Gasteiger partial charge >= 0.3 is 0 Å². The number of hydrogen-bond acceptors (Lipinski definition) is 6. The molecule has 8 nitrogen and oxygen atoms in total. The highest BCUT2D eigenvalue weighted by Crippen LogP contribution is 2.40. The van der Waals surface area contributed by atoms with Gasteiger partial charge in [0.2, 0.25) is 0 Å². The molecule has 3 heterocycles. The van der Waals surface area contributed by atoms with Gasteiger partial charge in [0.15, 0.2) is 17.2 Å². The first kappa shape index (κ1) is 22.9. The second-order valence-corrected chi connectivity index (χ2v) is 8.57. The Morgan fingerprint density at radius 3 is 2.51 bits per heavy atom. The molecule has 0 saturated heterocycles. The van der Waals surface area contributed by atoms with Crippen LogP contribution in [0.2, 0.25) is 0 Å². The Morgan fingerprint density at radius 2 is 1.83 bits per heavy atom. The van der Waals surface area contributed by atoms with Crippen LogP contribution in [0.5, 0.6) is 11.5 Å². The van der Waals surface area contributed by atoms with Crippen molar-refractivity contribution in [2.75, 3.05) is 21.3 Å². The van der Waals surface area contributed by atoms with E-state index in [0.717, 1.165) is 59.2 Å². The summed E-state index contributed by atoms with van der Waals surface area (Å²) in [5.74, 6) is 3.04. The van der Waals surface area contributed by atoms with E-state index in [-0.39, 0.29) is 0 Å². The Balaban J connectivity index is 1.45. The van der Waals surface area contributed by atoms with E-state index in [1.807, 2.05) is 77.0 Å². The molecule has 1 atom stereocenters. The number of aromatic nitrogens is 5. The van der Waals surface area contributed by atoms with Gasteiger partial charge in [-0.2, -0.15) is 5.10 Å². The summed E-state index contributed by atoms with van der Waals surface area (Å²) in [4.78, 5) is 9.19. The van der Waals surface area contributed by atoms with Crippen molar-refractivity contribution >= 4 is 12.2 Å². The zero-order valence-corrected chi connectivity index (χ0v) is 20.4. The molecule has 0 N–H and O–H groups in total. The second kappa shape index (κ2) is 9.38. The highest BCUT2D eigenvalue weighted by Gasteiger charge is 2.41. The van der Waals surface area contributed by atoms with Crippen molar-refractivity contribution < 1.29 is 14.2 Å². The van der Waals surface area contributed by atoms with Gasteiger partial charge in [0.25, 0.3) is 0 Å². The van der Waals surface area contributed by atoms with Crippen molar-refractivity contribution in [2.45, 2.75) is 31.9 Å². The maximum Gasteiger partial charge on any atom is 0.174 e. The lowest BCUT2D eigenvalue weighted by atomic mass is 9.86. The van der Waals surface area contributed by atoms with Crippen LogP contribution in [-0.2, 0) is 16.9 Å². The van der Waals surface area contributed by atoms with E-state index in [4.69, 9.17) is 24.3 Å². The molecular weight excluding hydrogens is 442 g/mol. The Bertz CT molecular complexity index is 1360. The molecule has 0 bridgehead atoms. The second-order valence-electron chi connectivity index (χ2n) is 8.57. The maximum absolute atomic E-state index is 6.12. The highest BCUT2D eigenvalue weighted by molar-refractivity contribution is 5.69. The quantitative estimate of drug-likeness (QED) is 0.391. The molecule has 4 aromatic rings. The summed E-state index contributed by atoms with van der Waals surface area (Å²) in [5.41, 5.74) is 3.28. The summed E-state index contributed by atoms with van der Waals surface area (Å²) in [6.07, 6.45) is 9.46. The minimum absolute atomic E-state index is 0.641. The van der Waals surface area contributed by atoms with Crippen molar-refractivity contribution in [3.05, 3.63) is 83.5 Å². The van der Waals surface area contributed by atoms with Crippen molar-refractivity contribution in [3.8, 4) is 17.2 Å². The molecule has 5 rings (SSSR count). The third-order valence-corrected chi connectivity index (χ3v) is 6.47. The molecule has 8 heteroatoms. The lowest BCUT2D eigenvalue weighted by Crippen LogP contribution is -2.37. The number of imidazole rings is 1. The normalized spacial score (nSPS) is 17.5. The first-order valence-electron chi connectivity index (χ1n) is 11.6. The SMILES string of the molecule is COc1ccc([C@@]2(OC)CCCn3nc(/C=C/c4ccc(-n5cnc(C)c5)c(OC)c4)nc32)cc1. The van der Waals surface area contributed by atoms with Gasteiger partial charge in [0.05, 0.1) is 31.9 Å². The largest absolute Gasteiger partial charge is 0.497 e. The summed E-state index contributed by atoms with van der Waals surface area (Å²) in [7, 11) is 5.07. The molecule has 0 saturated carbocycles. The van der Waals surface area contributed by atoms with Crippen LogP contribution in [0.15, 0.2) is 55.0 Å². The van der Waals surface area contributed by atoms with Crippen LogP contribution in [0.3, 0.4) is 0 Å². The molecule has 2 aromatic carbocycles. The summed E-state index contributed by atoms with van der Waals surface area (Å²) >= 11 is 0. The van der Waals surface area contributed by atoms with Crippen LogP contribution in [0.4, 0.5) is 0 Å². The standard InChI is InChI=1S/C27H29N5O3/c1-19-17-31(18-28-19)23-12-6-20(16-24(23)34-3)7-13-25-29-26-27(35-4,14-5-15-32(26)30-25)21-8-10-22(33-2)11-9-21/h6-13,16-18H,5,14-15H2,1-4H3/b13-7+/t27-/m0/s1. The van der Waals surface area contributed by atoms with Crippen molar-refractivity contribution in [3.63, 3.8) is 0 Å². The average molecular weight is 472 g/mol. The van der Waals surface area contributed by atoms with E-state index >= 15 is 0 Å². The number of fused-ring (bicyclic) bond motifs is 1. The molecule has 1 aliphatic heterocycles. The van der Waals surface area contributed by atoms with Crippen LogP contribution >= 0.6 is 0 Å². The number of methoxy groups -OCH3 is 3. The zero-order chi connectivity index (χ0) is 24.4. The molecule has 0 unspecified atom stereocenters. The number of nitrogens with zero attached hydrogens (tertiary/aromatic N) is 5. The topological polar surface area (TPSA) is 76.2 Å². The predicted molar refractivity (Wildman–Crippen MR) is 134 cm³/mol. The summed E-state index contributed by atoms with van der Waals surface area (Å²) in [5, 5.41) is 4.75. The van der Waals surface area contributed by atoms with Crippen LogP contribution in [0, 0.1) is 6.92 Å². The fourth-order valence-electron chi connectivity index (χ4n) is 4.65. The minimum atomic E-state index is -0.641. The van der Waals surface area contributed by atoms with Crippen LogP contribution in [0.25, 0.3) is 17.8 Å². The summed E-state index contributed by atoms with van der Waals surface area (Å²) < 4.78 is 21.0. The molecule has 1 aliphatic rings. The van der Waals surface area contributed by atoms with Gasteiger partial charge in [-0.05, 0) is 61.2 Å². The fraction of sp³-hybridized carbons (Fsp3) is 0.296. The molecule has 0 radical (unpaired) electrons. The van der Waals surface area contributed by atoms with E-state index in [1.165, 1.54) is 0 Å². The zero-order valence-electron chi connectivity index (χ0n) is 20.4.